The molecule has 1 aromatic heterocycles. The minimum atomic E-state index is -3.60. The molecule has 0 spiro atoms. The van der Waals surface area contributed by atoms with Crippen LogP contribution in [0.25, 0.3) is 0 Å². The lowest BCUT2D eigenvalue weighted by molar-refractivity contribution is 0.102. The molecule has 43 heavy (non-hydrogen) atoms. The summed E-state index contributed by atoms with van der Waals surface area (Å²) < 4.78 is 38.3. The quantitative estimate of drug-likeness (QED) is 0.338. The van der Waals surface area contributed by atoms with Crippen molar-refractivity contribution in [1.29, 1.82) is 0 Å². The van der Waals surface area contributed by atoms with Gasteiger partial charge in [0.15, 0.2) is 5.75 Å². The van der Waals surface area contributed by atoms with Gasteiger partial charge >= 0.3 is 0 Å². The SMILES string of the molecule is COc1c(NC(=O)c2ccc(C)c(Oc3ccnc(CN4CC[C@H](N(C)C)C4)n3)c2)cc(C(C)(C)C)cc1NS(C)(=O)=O. The van der Waals surface area contributed by atoms with Crippen LogP contribution in [-0.2, 0) is 22.0 Å². The second-order valence-electron chi connectivity index (χ2n) is 12.2. The van der Waals surface area contributed by atoms with E-state index < -0.39 is 15.9 Å². The van der Waals surface area contributed by atoms with Crippen LogP contribution in [0.3, 0.4) is 0 Å². The Labute approximate surface area is 254 Å². The van der Waals surface area contributed by atoms with Crippen LogP contribution in [0.2, 0.25) is 0 Å². The van der Waals surface area contributed by atoms with Crippen molar-refractivity contribution in [2.75, 3.05) is 50.6 Å². The molecule has 0 saturated carbocycles. The van der Waals surface area contributed by atoms with E-state index >= 15 is 0 Å². The molecule has 11 nitrogen and oxygen atoms in total. The zero-order valence-electron chi connectivity index (χ0n) is 26.2. The molecule has 1 saturated heterocycles. The van der Waals surface area contributed by atoms with Crippen molar-refractivity contribution in [2.45, 2.75) is 52.1 Å². The number of benzene rings is 2. The van der Waals surface area contributed by atoms with E-state index in [1.807, 2.05) is 27.7 Å². The number of amides is 1. The molecule has 12 heteroatoms. The monoisotopic (exact) mass is 610 g/mol. The zero-order chi connectivity index (χ0) is 31.5. The minimum absolute atomic E-state index is 0.207. The largest absolute Gasteiger partial charge is 0.492 e. The first-order chi connectivity index (χ1) is 20.1. The van der Waals surface area contributed by atoms with E-state index in [1.165, 1.54) is 7.11 Å². The summed E-state index contributed by atoms with van der Waals surface area (Å²) >= 11 is 0. The first-order valence-electron chi connectivity index (χ1n) is 14.1. The van der Waals surface area contributed by atoms with Crippen LogP contribution in [0.15, 0.2) is 42.6 Å². The number of aryl methyl sites for hydroxylation is 1. The van der Waals surface area contributed by atoms with E-state index in [1.54, 1.807) is 42.6 Å². The molecule has 1 atom stereocenters. The molecule has 0 radical (unpaired) electrons. The molecule has 2 aromatic carbocycles. The van der Waals surface area contributed by atoms with Gasteiger partial charge in [0.2, 0.25) is 15.9 Å². The van der Waals surface area contributed by atoms with Crippen LogP contribution < -0.4 is 19.5 Å². The van der Waals surface area contributed by atoms with Crippen molar-refractivity contribution >= 4 is 27.3 Å². The van der Waals surface area contributed by atoms with Gasteiger partial charge in [-0.15, -0.1) is 0 Å². The molecule has 1 aliphatic rings. The van der Waals surface area contributed by atoms with Crippen molar-refractivity contribution in [3.63, 3.8) is 0 Å². The first kappa shape index (κ1) is 32.2. The molecule has 4 rings (SSSR count). The molecule has 3 aromatic rings. The lowest BCUT2D eigenvalue weighted by Gasteiger charge is -2.24. The van der Waals surface area contributed by atoms with Crippen LogP contribution in [-0.4, -0.2) is 80.7 Å². The maximum absolute atomic E-state index is 13.5. The number of ether oxygens (including phenoxy) is 2. The number of hydrogen-bond acceptors (Lipinski definition) is 9. The molecule has 1 aliphatic heterocycles. The van der Waals surface area contributed by atoms with E-state index in [0.717, 1.165) is 36.9 Å². The van der Waals surface area contributed by atoms with Crippen molar-refractivity contribution in [3.8, 4) is 17.4 Å². The lowest BCUT2D eigenvalue weighted by Crippen LogP contribution is -2.31. The number of rotatable bonds is 10. The van der Waals surface area contributed by atoms with Gasteiger partial charge in [-0.25, -0.2) is 13.4 Å². The van der Waals surface area contributed by atoms with Gasteiger partial charge in [0, 0.05) is 37.0 Å². The number of likely N-dealkylation sites (N-methyl/N-ethyl adjacent to an activating group) is 1. The highest BCUT2D eigenvalue weighted by Crippen LogP contribution is 2.39. The summed E-state index contributed by atoms with van der Waals surface area (Å²) in [7, 11) is 2.02. The molecule has 232 valence electrons. The maximum atomic E-state index is 13.5. The number of aromatic nitrogens is 2. The summed E-state index contributed by atoms with van der Waals surface area (Å²) in [4.78, 5) is 27.1. The number of likely N-dealkylation sites (tertiary alicyclic amines) is 1. The van der Waals surface area contributed by atoms with Crippen molar-refractivity contribution < 1.29 is 22.7 Å². The predicted molar refractivity (Wildman–Crippen MR) is 169 cm³/mol. The van der Waals surface area contributed by atoms with Gasteiger partial charge in [-0.05, 0) is 68.2 Å². The van der Waals surface area contributed by atoms with Crippen LogP contribution in [0, 0.1) is 6.92 Å². The van der Waals surface area contributed by atoms with Gasteiger partial charge in [-0.1, -0.05) is 26.8 Å². The summed E-state index contributed by atoms with van der Waals surface area (Å²) in [5.41, 5.74) is 2.25. The number of nitrogens with zero attached hydrogens (tertiary/aromatic N) is 4. The number of hydrogen-bond donors (Lipinski definition) is 2. The summed E-state index contributed by atoms with van der Waals surface area (Å²) in [5, 5.41) is 2.90. The topological polar surface area (TPSA) is 126 Å². The third-order valence-corrected chi connectivity index (χ3v) is 7.98. The number of nitrogens with one attached hydrogen (secondary N) is 2. The van der Waals surface area contributed by atoms with E-state index in [2.05, 4.69) is 43.9 Å². The van der Waals surface area contributed by atoms with Gasteiger partial charge in [0.25, 0.3) is 5.91 Å². The fourth-order valence-corrected chi connectivity index (χ4v) is 5.45. The zero-order valence-corrected chi connectivity index (χ0v) is 27.0. The van der Waals surface area contributed by atoms with Crippen molar-refractivity contribution in [3.05, 3.63) is 65.1 Å². The van der Waals surface area contributed by atoms with Crippen LogP contribution in [0.4, 0.5) is 11.4 Å². The number of carbonyl (C=O) groups excluding carboxylic acids is 1. The molecule has 0 unspecified atom stereocenters. The highest BCUT2D eigenvalue weighted by atomic mass is 32.2. The van der Waals surface area contributed by atoms with E-state index in [-0.39, 0.29) is 16.9 Å². The average Bonchev–Trinajstić information content (AvgIpc) is 3.37. The first-order valence-corrected chi connectivity index (χ1v) is 16.0. The Kier molecular flexibility index (Phi) is 9.63. The smallest absolute Gasteiger partial charge is 0.255 e. The van der Waals surface area contributed by atoms with Gasteiger partial charge < -0.3 is 19.7 Å². The molecule has 0 aliphatic carbocycles. The van der Waals surface area contributed by atoms with Gasteiger partial charge in [-0.3, -0.25) is 14.4 Å². The molecule has 2 N–H and O–H groups in total. The molecule has 2 heterocycles. The van der Waals surface area contributed by atoms with Crippen LogP contribution >= 0.6 is 0 Å². The molecule has 1 fully saturated rings. The number of sulfonamides is 1. The summed E-state index contributed by atoms with van der Waals surface area (Å²) in [5.74, 6) is 1.35. The third-order valence-electron chi connectivity index (χ3n) is 7.39. The van der Waals surface area contributed by atoms with Gasteiger partial charge in [-0.2, -0.15) is 4.98 Å². The van der Waals surface area contributed by atoms with E-state index in [9.17, 15) is 13.2 Å². The predicted octanol–water partition coefficient (Wildman–Crippen LogP) is 4.64. The average molecular weight is 611 g/mol. The Morgan fingerprint density at radius 3 is 2.49 bits per heavy atom. The van der Waals surface area contributed by atoms with Gasteiger partial charge in [0.1, 0.15) is 11.6 Å². The highest BCUT2D eigenvalue weighted by Gasteiger charge is 2.25. The fourth-order valence-electron chi connectivity index (χ4n) is 4.90. The maximum Gasteiger partial charge on any atom is 0.255 e. The molecular formula is C31H42N6O5S. The second kappa shape index (κ2) is 12.9. The van der Waals surface area contributed by atoms with E-state index in [4.69, 9.17) is 9.47 Å². The Hall–Kier alpha value is -3.74. The van der Waals surface area contributed by atoms with Crippen molar-refractivity contribution in [1.82, 2.24) is 19.8 Å². The number of carbonyl (C=O) groups is 1. The lowest BCUT2D eigenvalue weighted by atomic mass is 9.86. The van der Waals surface area contributed by atoms with E-state index in [0.29, 0.717) is 41.3 Å². The molecule has 0 bridgehead atoms. The van der Waals surface area contributed by atoms with Gasteiger partial charge in [0.05, 0.1) is 31.3 Å². The molecule has 1 amide bonds. The number of methoxy groups -OCH3 is 1. The highest BCUT2D eigenvalue weighted by molar-refractivity contribution is 7.92. The van der Waals surface area contributed by atoms with Crippen LogP contribution in [0.5, 0.6) is 17.4 Å². The number of anilines is 2. The summed E-state index contributed by atoms with van der Waals surface area (Å²) in [6.45, 7) is 10.5. The normalized spacial score (nSPS) is 15.9. The standard InChI is InChI=1S/C31H42N6O5S/c1-20-9-10-21(15-26(20)42-28-11-13-32-27(34-28)19-37-14-12-23(18-37)36(5)6)30(38)33-24-16-22(31(2,3)4)17-25(29(24)41-7)35-43(8,39)40/h9-11,13,15-17,23,35H,12,14,18-19H2,1-8H3,(H,33,38)/t23-/m0/s1. The fraction of sp³-hybridized carbons (Fsp3) is 0.452. The minimum Gasteiger partial charge on any atom is -0.492 e. The molecular weight excluding hydrogens is 568 g/mol. The Morgan fingerprint density at radius 2 is 1.86 bits per heavy atom. The summed E-state index contributed by atoms with van der Waals surface area (Å²) in [6.07, 6.45) is 3.86. The Morgan fingerprint density at radius 1 is 1.14 bits per heavy atom. The Bertz CT molecular complexity index is 1590. The summed E-state index contributed by atoms with van der Waals surface area (Å²) in [6, 6.07) is 10.9. The third kappa shape index (κ3) is 8.43. The Balaban J connectivity index is 1.56. The van der Waals surface area contributed by atoms with Crippen molar-refractivity contribution in [2.24, 2.45) is 0 Å². The van der Waals surface area contributed by atoms with Crippen LogP contribution in [0.1, 0.15) is 54.5 Å². The second-order valence-corrected chi connectivity index (χ2v) is 14.0.